The van der Waals surface area contributed by atoms with Crippen molar-refractivity contribution in [2.24, 2.45) is 0 Å². The highest BCUT2D eigenvalue weighted by Gasteiger charge is 2.26. The van der Waals surface area contributed by atoms with Crippen molar-refractivity contribution in [3.63, 3.8) is 0 Å². The van der Waals surface area contributed by atoms with E-state index in [9.17, 15) is 4.79 Å². The fourth-order valence-corrected chi connectivity index (χ4v) is 5.07. The first-order valence-corrected chi connectivity index (χ1v) is 12.7. The lowest BCUT2D eigenvalue weighted by Crippen LogP contribution is -2.37. The van der Waals surface area contributed by atoms with Crippen LogP contribution in [0.5, 0.6) is 11.5 Å². The molecule has 3 aromatic rings. The van der Waals surface area contributed by atoms with E-state index in [4.69, 9.17) is 9.72 Å². The molecule has 0 saturated carbocycles. The summed E-state index contributed by atoms with van der Waals surface area (Å²) in [5.41, 5.74) is 4.35. The van der Waals surface area contributed by atoms with E-state index in [-0.39, 0.29) is 5.91 Å². The highest BCUT2D eigenvalue weighted by Crippen LogP contribution is 2.30. The molecular formula is C29H34N4O2. The topological polar surface area (TPSA) is 57.7 Å². The lowest BCUT2D eigenvalue weighted by Gasteiger charge is -2.33. The molecule has 0 bridgehead atoms. The molecule has 6 heteroatoms. The summed E-state index contributed by atoms with van der Waals surface area (Å²) in [6.45, 7) is 5.73. The van der Waals surface area contributed by atoms with Crippen molar-refractivity contribution in [1.29, 1.82) is 0 Å². The van der Waals surface area contributed by atoms with Crippen LogP contribution < -0.4 is 10.1 Å². The first kappa shape index (κ1) is 23.5. The molecule has 1 aromatic heterocycles. The van der Waals surface area contributed by atoms with Crippen LogP contribution in [0.25, 0.3) is 0 Å². The van der Waals surface area contributed by atoms with Crippen molar-refractivity contribution >= 4 is 5.91 Å². The highest BCUT2D eigenvalue weighted by atomic mass is 16.5. The monoisotopic (exact) mass is 470 g/mol. The van der Waals surface area contributed by atoms with E-state index >= 15 is 0 Å². The molecule has 1 N–H and O–H groups in total. The predicted octanol–water partition coefficient (Wildman–Crippen LogP) is 4.47. The number of carbonyl (C=O) groups is 1. The van der Waals surface area contributed by atoms with Gasteiger partial charge in [-0.15, -0.1) is 0 Å². The van der Waals surface area contributed by atoms with Crippen molar-refractivity contribution < 1.29 is 9.53 Å². The molecule has 3 heterocycles. The minimum atomic E-state index is 0.0466. The van der Waals surface area contributed by atoms with Gasteiger partial charge in [-0.2, -0.15) is 0 Å². The van der Waals surface area contributed by atoms with Crippen LogP contribution in [-0.2, 0) is 13.0 Å². The summed E-state index contributed by atoms with van der Waals surface area (Å²) in [6.07, 6.45) is 5.18. The van der Waals surface area contributed by atoms with Crippen LogP contribution >= 0.6 is 0 Å². The third-order valence-corrected chi connectivity index (χ3v) is 7.15. The van der Waals surface area contributed by atoms with Crippen molar-refractivity contribution in [3.8, 4) is 11.5 Å². The number of pyridine rings is 1. The number of nitrogens with zero attached hydrogens (tertiary/aromatic N) is 3. The Balaban J connectivity index is 1.24. The first-order valence-electron chi connectivity index (χ1n) is 12.7. The molecule has 182 valence electrons. The van der Waals surface area contributed by atoms with Crippen LogP contribution in [0.2, 0.25) is 0 Å². The third-order valence-electron chi connectivity index (χ3n) is 7.15. The van der Waals surface area contributed by atoms with Gasteiger partial charge in [-0.25, -0.2) is 0 Å². The number of fused-ring (bicyclic) bond motifs is 1. The standard InChI is InChI=1S/C29H34N4O2/c1-30-13-17-32-14-10-22(11-15-32)28-19-25-21-33(16-12-24(25)20-31-28)29(34)23-6-5-9-27(18-23)35-26-7-3-2-4-8-26/h2-9,18-20,22,30H,10-17,21H2,1H3. The van der Waals surface area contributed by atoms with Gasteiger partial charge in [-0.3, -0.25) is 9.78 Å². The van der Waals surface area contributed by atoms with Gasteiger partial charge in [0.15, 0.2) is 0 Å². The number of amides is 1. The molecule has 1 amide bonds. The van der Waals surface area contributed by atoms with Gasteiger partial charge in [0.1, 0.15) is 11.5 Å². The number of piperidine rings is 1. The number of likely N-dealkylation sites (tertiary alicyclic amines) is 1. The lowest BCUT2D eigenvalue weighted by atomic mass is 9.90. The fourth-order valence-electron chi connectivity index (χ4n) is 5.07. The highest BCUT2D eigenvalue weighted by molar-refractivity contribution is 5.94. The molecule has 2 aromatic carbocycles. The van der Waals surface area contributed by atoms with Crippen LogP contribution in [0.3, 0.4) is 0 Å². The number of ether oxygens (including phenoxy) is 1. The Labute approximate surface area is 207 Å². The van der Waals surface area contributed by atoms with Crippen molar-refractivity contribution in [2.75, 3.05) is 39.8 Å². The van der Waals surface area contributed by atoms with Crippen LogP contribution in [0.1, 0.15) is 45.9 Å². The Morgan fingerprint density at radius 3 is 2.60 bits per heavy atom. The summed E-state index contributed by atoms with van der Waals surface area (Å²) < 4.78 is 5.94. The number of rotatable bonds is 7. The van der Waals surface area contributed by atoms with Crippen LogP contribution in [0, 0.1) is 0 Å². The second-order valence-corrected chi connectivity index (χ2v) is 9.52. The molecule has 0 spiro atoms. The second-order valence-electron chi connectivity index (χ2n) is 9.52. The van der Waals surface area contributed by atoms with Gasteiger partial charge < -0.3 is 19.9 Å². The maximum atomic E-state index is 13.4. The summed E-state index contributed by atoms with van der Waals surface area (Å²) in [7, 11) is 2.01. The molecule has 0 atom stereocenters. The van der Waals surface area contributed by atoms with Crippen molar-refractivity contribution in [1.82, 2.24) is 20.1 Å². The average molecular weight is 471 g/mol. The van der Waals surface area contributed by atoms with E-state index < -0.39 is 0 Å². The quantitative estimate of drug-likeness (QED) is 0.552. The van der Waals surface area contributed by atoms with Gasteiger partial charge >= 0.3 is 0 Å². The second kappa shape index (κ2) is 11.0. The van der Waals surface area contributed by atoms with E-state index in [0.29, 0.717) is 30.3 Å². The Hall–Kier alpha value is -3.22. The van der Waals surface area contributed by atoms with Crippen LogP contribution in [0.15, 0.2) is 66.9 Å². The molecule has 6 nitrogen and oxygen atoms in total. The van der Waals surface area contributed by atoms with Gasteiger partial charge in [0.2, 0.25) is 0 Å². The summed E-state index contributed by atoms with van der Waals surface area (Å²) >= 11 is 0. The van der Waals surface area contributed by atoms with E-state index in [0.717, 1.165) is 51.2 Å². The number of likely N-dealkylation sites (N-methyl/N-ethyl adjacent to an activating group) is 1. The zero-order valence-electron chi connectivity index (χ0n) is 20.5. The van der Waals surface area contributed by atoms with Gasteiger partial charge in [-0.1, -0.05) is 24.3 Å². The first-order chi connectivity index (χ1) is 17.2. The normalized spacial score (nSPS) is 16.7. The van der Waals surface area contributed by atoms with E-state index in [1.807, 2.05) is 72.7 Å². The molecule has 1 fully saturated rings. The van der Waals surface area contributed by atoms with Crippen molar-refractivity contribution in [3.05, 3.63) is 89.2 Å². The molecule has 35 heavy (non-hydrogen) atoms. The fraction of sp³-hybridized carbons (Fsp3) is 0.379. The molecule has 0 unspecified atom stereocenters. The molecule has 2 aliphatic rings. The summed E-state index contributed by atoms with van der Waals surface area (Å²) in [4.78, 5) is 22.7. The van der Waals surface area contributed by atoms with Gasteiger partial charge in [0.25, 0.3) is 5.91 Å². The number of benzene rings is 2. The Morgan fingerprint density at radius 2 is 1.80 bits per heavy atom. The van der Waals surface area contributed by atoms with Gasteiger partial charge in [-0.05, 0) is 86.9 Å². The molecular weight excluding hydrogens is 436 g/mol. The van der Waals surface area contributed by atoms with E-state index in [1.165, 1.54) is 16.8 Å². The number of hydrogen-bond acceptors (Lipinski definition) is 5. The number of aromatic nitrogens is 1. The van der Waals surface area contributed by atoms with Crippen LogP contribution in [-0.4, -0.2) is 60.5 Å². The zero-order chi connectivity index (χ0) is 24.0. The minimum absolute atomic E-state index is 0.0466. The summed E-state index contributed by atoms with van der Waals surface area (Å²) in [5.74, 6) is 1.98. The zero-order valence-corrected chi connectivity index (χ0v) is 20.5. The molecule has 0 radical (unpaired) electrons. The Morgan fingerprint density at radius 1 is 1.00 bits per heavy atom. The molecule has 2 aliphatic heterocycles. The number of para-hydroxylation sites is 1. The SMILES string of the molecule is CNCCN1CCC(c2cc3c(cn2)CCN(C(=O)c2cccc(Oc4ccccc4)c2)C3)CC1. The smallest absolute Gasteiger partial charge is 0.254 e. The number of carbonyl (C=O) groups excluding carboxylic acids is 1. The molecule has 0 aliphatic carbocycles. The molecule has 1 saturated heterocycles. The maximum absolute atomic E-state index is 13.4. The Bertz CT molecular complexity index is 1140. The Kier molecular flexibility index (Phi) is 7.40. The van der Waals surface area contributed by atoms with Crippen LogP contribution in [0.4, 0.5) is 0 Å². The van der Waals surface area contributed by atoms with Gasteiger partial charge in [0, 0.05) is 49.6 Å². The number of hydrogen-bond donors (Lipinski definition) is 1. The summed E-state index contributed by atoms with van der Waals surface area (Å²) in [6, 6.07) is 19.4. The van der Waals surface area contributed by atoms with E-state index in [1.54, 1.807) is 0 Å². The van der Waals surface area contributed by atoms with Gasteiger partial charge in [0.05, 0.1) is 0 Å². The summed E-state index contributed by atoms with van der Waals surface area (Å²) in [5, 5.41) is 3.24. The lowest BCUT2D eigenvalue weighted by molar-refractivity contribution is 0.0734. The number of nitrogens with one attached hydrogen (secondary N) is 1. The van der Waals surface area contributed by atoms with E-state index in [2.05, 4.69) is 16.3 Å². The molecule has 5 rings (SSSR count). The predicted molar refractivity (Wildman–Crippen MR) is 138 cm³/mol. The average Bonchev–Trinajstić information content (AvgIpc) is 2.92. The third kappa shape index (κ3) is 5.72. The largest absolute Gasteiger partial charge is 0.457 e. The minimum Gasteiger partial charge on any atom is -0.457 e. The maximum Gasteiger partial charge on any atom is 0.254 e. The van der Waals surface area contributed by atoms with Crippen molar-refractivity contribution in [2.45, 2.75) is 31.7 Å².